The lowest BCUT2D eigenvalue weighted by molar-refractivity contribution is 0.103. The van der Waals surface area contributed by atoms with Gasteiger partial charge in [0.05, 0.1) is 5.56 Å². The Morgan fingerprint density at radius 1 is 1.62 bits per heavy atom. The molecule has 13 heavy (non-hydrogen) atoms. The number of nitrogens with zero attached hydrogens (tertiary/aromatic N) is 1. The van der Waals surface area contributed by atoms with Crippen LogP contribution in [-0.4, -0.2) is 16.5 Å². The summed E-state index contributed by atoms with van der Waals surface area (Å²) in [6, 6.07) is 3.53. The molecule has 0 radical (unpaired) electrons. The molecular weight excluding hydrogens is 206 g/mol. The Kier molecular flexibility index (Phi) is 2.38. The average Bonchev–Trinajstić information content (AvgIpc) is 2.19. The summed E-state index contributed by atoms with van der Waals surface area (Å²) in [5.41, 5.74) is 2.66. The largest absolute Gasteiger partial charge is 0.289 e. The Labute approximate surface area is 85.0 Å². The summed E-state index contributed by atoms with van der Waals surface area (Å²) < 4.78 is 0. The van der Waals surface area contributed by atoms with Crippen LogP contribution in [0, 0.1) is 0 Å². The van der Waals surface area contributed by atoms with E-state index < -0.39 is 0 Å². The van der Waals surface area contributed by atoms with Gasteiger partial charge in [-0.15, -0.1) is 11.8 Å². The first-order valence-electron chi connectivity index (χ1n) is 3.74. The Morgan fingerprint density at radius 2 is 2.46 bits per heavy atom. The van der Waals surface area contributed by atoms with Gasteiger partial charge >= 0.3 is 0 Å². The van der Waals surface area contributed by atoms with Crippen molar-refractivity contribution in [2.75, 3.05) is 5.75 Å². The number of fused-ring (bicyclic) bond motifs is 1. The Bertz CT molecular complexity index is 389. The minimum Gasteiger partial charge on any atom is -0.289 e. The van der Waals surface area contributed by atoms with E-state index in [0.717, 1.165) is 5.03 Å². The molecule has 1 aromatic rings. The zero-order valence-corrected chi connectivity index (χ0v) is 8.23. The Hall–Kier alpha value is -0.800. The lowest BCUT2D eigenvalue weighted by Crippen LogP contribution is -2.12. The van der Waals surface area contributed by atoms with Crippen LogP contribution in [0.2, 0.25) is 0 Å². The highest BCUT2D eigenvalue weighted by Crippen LogP contribution is 2.30. The van der Waals surface area contributed by atoms with Crippen molar-refractivity contribution in [1.82, 2.24) is 4.98 Å². The molecular formula is C9H6ClNOS. The van der Waals surface area contributed by atoms with E-state index in [2.05, 4.69) is 4.98 Å². The second-order valence-electron chi connectivity index (χ2n) is 2.61. The zero-order valence-electron chi connectivity index (χ0n) is 6.66. The van der Waals surface area contributed by atoms with Gasteiger partial charge in [0.1, 0.15) is 5.03 Å². The number of pyridine rings is 1. The molecule has 1 aliphatic rings. The molecule has 0 atom stereocenters. The maximum absolute atomic E-state index is 11.6. The number of Topliss-reactive ketones (excluding diaryl/α,β-unsaturated/α-hetero) is 1. The van der Waals surface area contributed by atoms with Gasteiger partial charge in [0.15, 0.2) is 5.78 Å². The Balaban J connectivity index is 2.51. The van der Waals surface area contributed by atoms with E-state index in [-0.39, 0.29) is 5.78 Å². The smallest absolute Gasteiger partial charge is 0.193 e. The van der Waals surface area contributed by atoms with E-state index in [4.69, 9.17) is 11.6 Å². The monoisotopic (exact) mass is 211 g/mol. The lowest BCUT2D eigenvalue weighted by atomic mass is 10.1. The number of aromatic nitrogens is 1. The molecule has 0 unspecified atom stereocenters. The normalized spacial score (nSPS) is 18.8. The quantitative estimate of drug-likeness (QED) is 0.618. The van der Waals surface area contributed by atoms with Crippen LogP contribution >= 0.6 is 23.4 Å². The zero-order chi connectivity index (χ0) is 9.26. The van der Waals surface area contributed by atoms with Gasteiger partial charge in [-0.25, -0.2) is 4.98 Å². The molecule has 2 nitrogen and oxygen atoms in total. The van der Waals surface area contributed by atoms with E-state index in [0.29, 0.717) is 16.9 Å². The standard InChI is InChI=1S/C9H6ClNOS/c10-4-6-5-13-9-7(8(6)12)2-1-3-11-9/h1-4H,5H2. The summed E-state index contributed by atoms with van der Waals surface area (Å²) in [6.07, 6.45) is 1.69. The molecule has 2 heterocycles. The fourth-order valence-corrected chi connectivity index (χ4v) is 2.37. The fraction of sp³-hybridized carbons (Fsp3) is 0.111. The highest BCUT2D eigenvalue weighted by atomic mass is 35.5. The van der Waals surface area contributed by atoms with Gasteiger partial charge in [-0.05, 0) is 12.1 Å². The van der Waals surface area contributed by atoms with Crippen LogP contribution in [0.15, 0.2) is 34.5 Å². The Morgan fingerprint density at radius 3 is 3.23 bits per heavy atom. The number of thioether (sulfide) groups is 1. The number of hydrogen-bond acceptors (Lipinski definition) is 3. The first-order valence-corrected chi connectivity index (χ1v) is 5.17. The van der Waals surface area contributed by atoms with Crippen molar-refractivity contribution < 1.29 is 4.79 Å². The predicted molar refractivity (Wildman–Crippen MR) is 53.2 cm³/mol. The lowest BCUT2D eigenvalue weighted by Gasteiger charge is -2.14. The number of carbonyl (C=O) groups is 1. The van der Waals surface area contributed by atoms with Crippen LogP contribution in [0.4, 0.5) is 0 Å². The van der Waals surface area contributed by atoms with Gasteiger partial charge in [-0.1, -0.05) is 11.6 Å². The van der Waals surface area contributed by atoms with E-state index in [1.54, 1.807) is 30.1 Å². The minimum atomic E-state index is -0.00292. The fourth-order valence-electron chi connectivity index (χ4n) is 1.14. The van der Waals surface area contributed by atoms with Crippen molar-refractivity contribution in [2.45, 2.75) is 5.03 Å². The van der Waals surface area contributed by atoms with Gasteiger partial charge < -0.3 is 0 Å². The average molecular weight is 212 g/mol. The minimum absolute atomic E-state index is 0.00292. The highest BCUT2D eigenvalue weighted by molar-refractivity contribution is 7.99. The van der Waals surface area contributed by atoms with Crippen LogP contribution in [0.3, 0.4) is 0 Å². The number of hydrogen-bond donors (Lipinski definition) is 0. The van der Waals surface area contributed by atoms with Crippen molar-refractivity contribution in [3.63, 3.8) is 0 Å². The van der Waals surface area contributed by atoms with Crippen LogP contribution in [0.1, 0.15) is 10.4 Å². The molecule has 0 fully saturated rings. The van der Waals surface area contributed by atoms with E-state index in [1.807, 2.05) is 0 Å². The molecule has 1 aromatic heterocycles. The molecule has 0 N–H and O–H groups in total. The van der Waals surface area contributed by atoms with Gasteiger partial charge in [0, 0.05) is 23.1 Å². The topological polar surface area (TPSA) is 30.0 Å². The summed E-state index contributed by atoms with van der Waals surface area (Å²) in [5.74, 6) is 0.614. The van der Waals surface area contributed by atoms with Crippen LogP contribution in [0.25, 0.3) is 0 Å². The number of carbonyl (C=O) groups excluding carboxylic acids is 1. The molecule has 0 saturated carbocycles. The maximum Gasteiger partial charge on any atom is 0.193 e. The van der Waals surface area contributed by atoms with Crippen molar-refractivity contribution in [1.29, 1.82) is 0 Å². The van der Waals surface area contributed by atoms with E-state index in [1.165, 1.54) is 5.54 Å². The third kappa shape index (κ3) is 1.49. The summed E-state index contributed by atoms with van der Waals surface area (Å²) in [4.78, 5) is 15.8. The van der Waals surface area contributed by atoms with Crippen molar-refractivity contribution >= 4 is 29.1 Å². The van der Waals surface area contributed by atoms with Crippen molar-refractivity contribution in [3.05, 3.63) is 35.0 Å². The summed E-state index contributed by atoms with van der Waals surface area (Å²) >= 11 is 7.07. The first-order chi connectivity index (χ1) is 6.33. The highest BCUT2D eigenvalue weighted by Gasteiger charge is 2.22. The molecule has 0 aliphatic carbocycles. The number of rotatable bonds is 0. The summed E-state index contributed by atoms with van der Waals surface area (Å²) in [6.45, 7) is 0. The molecule has 0 aromatic carbocycles. The van der Waals surface area contributed by atoms with Crippen molar-refractivity contribution in [3.8, 4) is 0 Å². The second-order valence-corrected chi connectivity index (χ2v) is 3.79. The van der Waals surface area contributed by atoms with Gasteiger partial charge in [-0.2, -0.15) is 0 Å². The van der Waals surface area contributed by atoms with Crippen LogP contribution in [-0.2, 0) is 0 Å². The first kappa shape index (κ1) is 8.78. The van der Waals surface area contributed by atoms with Crippen LogP contribution in [0.5, 0.6) is 0 Å². The molecule has 0 amide bonds. The molecule has 0 spiro atoms. The third-order valence-corrected chi connectivity index (χ3v) is 3.12. The second kappa shape index (κ2) is 3.52. The molecule has 0 saturated heterocycles. The van der Waals surface area contributed by atoms with Crippen LogP contribution < -0.4 is 0 Å². The molecule has 4 heteroatoms. The van der Waals surface area contributed by atoms with E-state index in [9.17, 15) is 4.79 Å². The number of halogens is 1. The summed E-state index contributed by atoms with van der Waals surface area (Å²) in [7, 11) is 0. The molecule has 0 bridgehead atoms. The third-order valence-electron chi connectivity index (χ3n) is 1.80. The van der Waals surface area contributed by atoms with E-state index >= 15 is 0 Å². The number of ketones is 1. The SMILES string of the molecule is O=C1C(=CCl)CSc2ncccc21. The molecule has 1 aliphatic heterocycles. The maximum atomic E-state index is 11.6. The predicted octanol–water partition coefficient (Wildman–Crippen LogP) is 2.49. The molecule has 66 valence electrons. The van der Waals surface area contributed by atoms with Crippen molar-refractivity contribution in [2.24, 2.45) is 0 Å². The van der Waals surface area contributed by atoms with Gasteiger partial charge in [0.2, 0.25) is 0 Å². The van der Waals surface area contributed by atoms with Gasteiger partial charge in [0.25, 0.3) is 0 Å². The summed E-state index contributed by atoms with van der Waals surface area (Å²) in [5, 5.41) is 0.801. The van der Waals surface area contributed by atoms with Gasteiger partial charge in [-0.3, -0.25) is 4.79 Å². The molecule has 2 rings (SSSR count).